The molecule has 0 N–H and O–H groups in total. The Balaban J connectivity index is 2.07. The fraction of sp³-hybridized carbons (Fsp3) is 0.200. The molecule has 0 unspecified atom stereocenters. The standard InChI is InChI=1S/C20H16FNO2S3/c1-20(2)16-13(5-4-6-14(16)18(23)24-3)15-17(26-27-19(15)25)22(20)12-9-7-11(21)8-10-12/h4-10H,1-3H3. The number of carbonyl (C=O) groups excluding carboxylic acids is 1. The van der Waals surface area contributed by atoms with E-state index in [4.69, 9.17) is 17.0 Å². The molecule has 138 valence electrons. The van der Waals surface area contributed by atoms with Crippen LogP contribution in [-0.4, -0.2) is 13.1 Å². The highest BCUT2D eigenvalue weighted by atomic mass is 32.9. The van der Waals surface area contributed by atoms with E-state index in [1.165, 1.54) is 29.6 Å². The van der Waals surface area contributed by atoms with Gasteiger partial charge in [0, 0.05) is 11.3 Å². The summed E-state index contributed by atoms with van der Waals surface area (Å²) in [5, 5.41) is 1.01. The van der Waals surface area contributed by atoms with Gasteiger partial charge in [0.2, 0.25) is 0 Å². The van der Waals surface area contributed by atoms with Crippen LogP contribution in [0.1, 0.15) is 29.8 Å². The first-order valence-electron chi connectivity index (χ1n) is 8.27. The zero-order chi connectivity index (χ0) is 19.3. The van der Waals surface area contributed by atoms with Crippen LogP contribution in [0.2, 0.25) is 0 Å². The summed E-state index contributed by atoms with van der Waals surface area (Å²) in [7, 11) is 4.51. The van der Waals surface area contributed by atoms with Crippen LogP contribution in [0.5, 0.6) is 0 Å². The van der Waals surface area contributed by atoms with Crippen molar-refractivity contribution >= 4 is 49.6 Å². The van der Waals surface area contributed by atoms with E-state index < -0.39 is 5.54 Å². The smallest absolute Gasteiger partial charge is 0.338 e. The molecule has 0 bridgehead atoms. The summed E-state index contributed by atoms with van der Waals surface area (Å²) in [6, 6.07) is 12.0. The second kappa shape index (κ2) is 6.51. The molecule has 7 heteroatoms. The van der Waals surface area contributed by atoms with E-state index in [0.29, 0.717) is 5.56 Å². The molecule has 1 aliphatic rings. The highest BCUT2D eigenvalue weighted by molar-refractivity contribution is 7.80. The molecule has 27 heavy (non-hydrogen) atoms. The van der Waals surface area contributed by atoms with Gasteiger partial charge in [0.05, 0.1) is 18.2 Å². The summed E-state index contributed by atoms with van der Waals surface area (Å²) in [6.07, 6.45) is 0. The van der Waals surface area contributed by atoms with Crippen LogP contribution in [0, 0.1) is 9.64 Å². The Kier molecular flexibility index (Phi) is 4.41. The summed E-state index contributed by atoms with van der Waals surface area (Å²) in [5.41, 5.74) is 3.57. The van der Waals surface area contributed by atoms with Gasteiger partial charge in [-0.1, -0.05) is 45.0 Å². The molecule has 0 atom stereocenters. The van der Waals surface area contributed by atoms with Crippen molar-refractivity contribution in [2.45, 2.75) is 19.4 Å². The molecular formula is C20H16FNO2S3. The highest BCUT2D eigenvalue weighted by Crippen LogP contribution is 2.56. The molecule has 0 spiro atoms. The summed E-state index contributed by atoms with van der Waals surface area (Å²) in [5.74, 6) is -0.672. The van der Waals surface area contributed by atoms with Crippen molar-refractivity contribution in [1.29, 1.82) is 0 Å². The highest BCUT2D eigenvalue weighted by Gasteiger charge is 2.42. The van der Waals surface area contributed by atoms with Crippen LogP contribution in [0.15, 0.2) is 42.5 Å². The normalized spacial score (nSPS) is 14.4. The van der Waals surface area contributed by atoms with E-state index in [2.05, 4.69) is 18.7 Å². The maximum absolute atomic E-state index is 13.5. The third-order valence-electron chi connectivity index (χ3n) is 4.81. The monoisotopic (exact) mass is 417 g/mol. The first-order valence-corrected chi connectivity index (χ1v) is 10.8. The third kappa shape index (κ3) is 2.72. The second-order valence-electron chi connectivity index (χ2n) is 6.72. The molecule has 0 aliphatic carbocycles. The molecule has 3 nitrogen and oxygen atoms in total. The van der Waals surface area contributed by atoms with Crippen molar-refractivity contribution in [1.82, 2.24) is 0 Å². The van der Waals surface area contributed by atoms with E-state index in [1.807, 2.05) is 12.1 Å². The number of fused-ring (bicyclic) bond motifs is 3. The van der Waals surface area contributed by atoms with Crippen LogP contribution in [0.4, 0.5) is 15.1 Å². The quantitative estimate of drug-likeness (QED) is 0.270. The number of hydrogen-bond donors (Lipinski definition) is 0. The van der Waals surface area contributed by atoms with Crippen LogP contribution in [0.3, 0.4) is 0 Å². The number of hydrogen-bond acceptors (Lipinski definition) is 6. The maximum atomic E-state index is 13.5. The molecule has 2 aromatic carbocycles. The average Bonchev–Trinajstić information content (AvgIpc) is 3.03. The van der Waals surface area contributed by atoms with E-state index in [9.17, 15) is 9.18 Å². The lowest BCUT2D eigenvalue weighted by molar-refractivity contribution is 0.0598. The predicted molar refractivity (Wildman–Crippen MR) is 111 cm³/mol. The molecule has 1 aliphatic heterocycles. The molecule has 1 aromatic heterocycles. The number of nitrogens with zero attached hydrogens (tertiary/aromatic N) is 1. The first kappa shape index (κ1) is 18.3. The van der Waals surface area contributed by atoms with Gasteiger partial charge in [0.25, 0.3) is 0 Å². The van der Waals surface area contributed by atoms with Gasteiger partial charge in [-0.2, -0.15) is 0 Å². The molecule has 0 saturated heterocycles. The van der Waals surface area contributed by atoms with Crippen LogP contribution in [0.25, 0.3) is 11.1 Å². The predicted octanol–water partition coefficient (Wildman–Crippen LogP) is 6.52. The van der Waals surface area contributed by atoms with Crippen molar-refractivity contribution in [2.24, 2.45) is 0 Å². The van der Waals surface area contributed by atoms with Crippen molar-refractivity contribution < 1.29 is 13.9 Å². The van der Waals surface area contributed by atoms with E-state index in [1.54, 1.807) is 28.5 Å². The average molecular weight is 418 g/mol. The summed E-state index contributed by atoms with van der Waals surface area (Å²) < 4.78 is 19.3. The lowest BCUT2D eigenvalue weighted by Crippen LogP contribution is -2.42. The summed E-state index contributed by atoms with van der Waals surface area (Å²) in [4.78, 5) is 14.6. The number of ether oxygens (including phenoxy) is 1. The van der Waals surface area contributed by atoms with Crippen molar-refractivity contribution in [3.63, 3.8) is 0 Å². The topological polar surface area (TPSA) is 29.5 Å². The zero-order valence-corrected chi connectivity index (χ0v) is 17.4. The molecule has 0 fully saturated rings. The van der Waals surface area contributed by atoms with Gasteiger partial charge in [-0.05, 0) is 55.3 Å². The maximum Gasteiger partial charge on any atom is 0.338 e. The minimum Gasteiger partial charge on any atom is -0.465 e. The lowest BCUT2D eigenvalue weighted by Gasteiger charge is -2.45. The number of methoxy groups -OCH3 is 1. The largest absolute Gasteiger partial charge is 0.465 e. The van der Waals surface area contributed by atoms with Crippen LogP contribution < -0.4 is 4.90 Å². The number of halogens is 1. The Morgan fingerprint density at radius 3 is 2.52 bits per heavy atom. The fourth-order valence-corrected chi connectivity index (χ4v) is 6.70. The van der Waals surface area contributed by atoms with Crippen LogP contribution in [-0.2, 0) is 10.3 Å². The fourth-order valence-electron chi connectivity index (χ4n) is 3.72. The minimum absolute atomic E-state index is 0.289. The molecule has 3 aromatic rings. The summed E-state index contributed by atoms with van der Waals surface area (Å²) >= 11 is 5.61. The molecular weight excluding hydrogens is 401 g/mol. The SMILES string of the molecule is COC(=O)c1cccc2c1C(C)(C)N(c1ccc(F)cc1)c1ssc(=S)c1-2. The van der Waals surface area contributed by atoms with Gasteiger partial charge in [0.15, 0.2) is 0 Å². The Morgan fingerprint density at radius 2 is 1.85 bits per heavy atom. The Bertz CT molecular complexity index is 1100. The number of carbonyl (C=O) groups is 1. The number of rotatable bonds is 2. The van der Waals surface area contributed by atoms with Crippen molar-refractivity contribution in [2.75, 3.05) is 12.0 Å². The van der Waals surface area contributed by atoms with Crippen LogP contribution >= 0.6 is 32.9 Å². The molecule has 0 radical (unpaired) electrons. The van der Waals surface area contributed by atoms with Gasteiger partial charge in [-0.15, -0.1) is 0 Å². The Labute approximate surface area is 169 Å². The summed E-state index contributed by atoms with van der Waals surface area (Å²) in [6.45, 7) is 4.11. The van der Waals surface area contributed by atoms with E-state index >= 15 is 0 Å². The zero-order valence-electron chi connectivity index (χ0n) is 14.9. The van der Waals surface area contributed by atoms with Gasteiger partial charge >= 0.3 is 5.97 Å². The molecule has 0 saturated carbocycles. The van der Waals surface area contributed by atoms with E-state index in [0.717, 1.165) is 31.2 Å². The second-order valence-corrected chi connectivity index (χ2v) is 9.52. The van der Waals surface area contributed by atoms with Crippen molar-refractivity contribution in [3.05, 3.63) is 63.2 Å². The van der Waals surface area contributed by atoms with Gasteiger partial charge < -0.3 is 9.64 Å². The van der Waals surface area contributed by atoms with Gasteiger partial charge in [-0.3, -0.25) is 0 Å². The van der Waals surface area contributed by atoms with Gasteiger partial charge in [-0.25, -0.2) is 9.18 Å². The first-order chi connectivity index (χ1) is 12.9. The Hall–Kier alpha value is -2.09. The molecule has 0 amide bonds. The number of anilines is 2. The van der Waals surface area contributed by atoms with Gasteiger partial charge in [0.1, 0.15) is 14.6 Å². The lowest BCUT2D eigenvalue weighted by atomic mass is 9.79. The van der Waals surface area contributed by atoms with E-state index in [-0.39, 0.29) is 11.8 Å². The number of esters is 1. The number of benzene rings is 2. The van der Waals surface area contributed by atoms with Crippen molar-refractivity contribution in [3.8, 4) is 11.1 Å². The third-order valence-corrected chi connectivity index (χ3v) is 7.79. The Morgan fingerprint density at radius 1 is 1.15 bits per heavy atom. The minimum atomic E-state index is -0.565. The molecule has 4 rings (SSSR count). The molecule has 2 heterocycles.